The summed E-state index contributed by atoms with van der Waals surface area (Å²) >= 11 is 0. The van der Waals surface area contributed by atoms with Gasteiger partial charge in [0.05, 0.1) is 30.7 Å². The number of nitrogens with zero attached hydrogens (tertiary/aromatic N) is 5. The lowest BCUT2D eigenvalue weighted by Gasteiger charge is -2.26. The minimum absolute atomic E-state index is 0.0378. The number of rotatable bonds is 7. The van der Waals surface area contributed by atoms with Gasteiger partial charge in [0.2, 0.25) is 0 Å². The molecule has 3 aromatic heterocycles. The molecule has 0 spiro atoms. The summed E-state index contributed by atoms with van der Waals surface area (Å²) in [4.78, 5) is 36.6. The highest BCUT2D eigenvalue weighted by Crippen LogP contribution is 2.42. The van der Waals surface area contributed by atoms with Gasteiger partial charge in [-0.2, -0.15) is 0 Å². The van der Waals surface area contributed by atoms with Gasteiger partial charge in [0.15, 0.2) is 17.3 Å². The molecule has 0 saturated carbocycles. The summed E-state index contributed by atoms with van der Waals surface area (Å²) in [5.74, 6) is -1.67. The first-order valence-corrected chi connectivity index (χ1v) is 11.5. The Bertz CT molecular complexity index is 1490. The summed E-state index contributed by atoms with van der Waals surface area (Å²) in [5.41, 5.74) is 1.96. The molecule has 0 radical (unpaired) electrons. The number of hydrogen-bond donors (Lipinski definition) is 2. The van der Waals surface area contributed by atoms with E-state index >= 15 is 0 Å². The molecule has 1 aliphatic heterocycles. The zero-order valence-electron chi connectivity index (χ0n) is 19.8. The SMILES string of the molecule is COc1cc(C2C(=C(O)c3c(C)nc4ccccn34)C(=O)C(=O)N2CCCn2ccnc2)ccc1O. The number of imidazole rings is 2. The van der Waals surface area contributed by atoms with Crippen molar-refractivity contribution in [2.24, 2.45) is 0 Å². The number of aliphatic hydroxyl groups excluding tert-OH is 1. The maximum atomic E-state index is 13.4. The summed E-state index contributed by atoms with van der Waals surface area (Å²) in [6.45, 7) is 2.60. The van der Waals surface area contributed by atoms with Gasteiger partial charge in [0.25, 0.3) is 11.7 Å². The summed E-state index contributed by atoms with van der Waals surface area (Å²) < 4.78 is 8.84. The fourth-order valence-corrected chi connectivity index (χ4v) is 4.69. The molecule has 5 rings (SSSR count). The highest BCUT2D eigenvalue weighted by Gasteiger charge is 2.46. The van der Waals surface area contributed by atoms with Crippen LogP contribution in [0.1, 0.15) is 29.4 Å². The smallest absolute Gasteiger partial charge is 0.295 e. The van der Waals surface area contributed by atoms with Gasteiger partial charge in [-0.05, 0) is 43.2 Å². The van der Waals surface area contributed by atoms with Gasteiger partial charge in [-0.3, -0.25) is 14.0 Å². The van der Waals surface area contributed by atoms with E-state index in [9.17, 15) is 19.8 Å². The number of amides is 1. The average Bonchev–Trinajstić information content (AvgIpc) is 3.57. The van der Waals surface area contributed by atoms with Crippen LogP contribution >= 0.6 is 0 Å². The summed E-state index contributed by atoms with van der Waals surface area (Å²) in [6.07, 6.45) is 7.48. The highest BCUT2D eigenvalue weighted by atomic mass is 16.5. The fraction of sp³-hybridized carbons (Fsp3) is 0.231. The highest BCUT2D eigenvalue weighted by molar-refractivity contribution is 6.46. The molecule has 1 fully saturated rings. The predicted octanol–water partition coefficient (Wildman–Crippen LogP) is 3.07. The van der Waals surface area contributed by atoms with E-state index in [2.05, 4.69) is 9.97 Å². The Morgan fingerprint density at radius 1 is 1.14 bits per heavy atom. The average molecular weight is 488 g/mol. The Morgan fingerprint density at radius 3 is 2.72 bits per heavy atom. The number of fused-ring (bicyclic) bond motifs is 1. The van der Waals surface area contributed by atoms with E-state index in [4.69, 9.17) is 4.74 Å². The molecule has 36 heavy (non-hydrogen) atoms. The number of phenolic OH excluding ortho intramolecular Hbond substituents is 1. The minimum Gasteiger partial charge on any atom is -0.505 e. The van der Waals surface area contributed by atoms with Gasteiger partial charge in [0, 0.05) is 31.7 Å². The Balaban J connectivity index is 1.63. The van der Waals surface area contributed by atoms with Crippen molar-refractivity contribution in [1.29, 1.82) is 0 Å². The number of ether oxygens (including phenoxy) is 1. The second kappa shape index (κ2) is 9.21. The number of aliphatic hydroxyl groups is 1. The number of methoxy groups -OCH3 is 1. The molecule has 10 nitrogen and oxygen atoms in total. The number of hydrogen-bond acceptors (Lipinski definition) is 7. The Morgan fingerprint density at radius 2 is 1.97 bits per heavy atom. The number of ketones is 1. The maximum absolute atomic E-state index is 13.4. The number of aryl methyl sites for hydroxylation is 2. The van der Waals surface area contributed by atoms with E-state index in [-0.39, 0.29) is 29.4 Å². The standard InChI is InChI=1S/C26H25N5O5/c1-16-22(30-11-4-3-6-20(30)28-16)24(33)21-23(17-7-8-18(32)19(14-17)36-2)31(26(35)25(21)34)12-5-10-29-13-9-27-15-29/h3-4,6-9,11,13-15,23,32-33H,5,10,12H2,1-2H3. The van der Waals surface area contributed by atoms with Crippen molar-refractivity contribution in [3.05, 3.63) is 83.8 Å². The van der Waals surface area contributed by atoms with Crippen LogP contribution in [0.4, 0.5) is 0 Å². The minimum atomic E-state index is -0.879. The first-order chi connectivity index (χ1) is 17.4. The molecular weight excluding hydrogens is 462 g/mol. The van der Waals surface area contributed by atoms with Gasteiger partial charge >= 0.3 is 0 Å². The molecule has 0 bridgehead atoms. The number of phenols is 1. The number of aromatic hydroxyl groups is 1. The fourth-order valence-electron chi connectivity index (χ4n) is 4.69. The molecule has 10 heteroatoms. The van der Waals surface area contributed by atoms with E-state index in [0.29, 0.717) is 35.6 Å². The van der Waals surface area contributed by atoms with E-state index in [1.165, 1.54) is 18.1 Å². The number of aromatic nitrogens is 4. The molecular formula is C26H25N5O5. The molecule has 0 aliphatic carbocycles. The first kappa shape index (κ1) is 23.2. The number of pyridine rings is 1. The van der Waals surface area contributed by atoms with Crippen LogP contribution < -0.4 is 4.74 Å². The zero-order valence-corrected chi connectivity index (χ0v) is 19.8. The number of carbonyl (C=O) groups excluding carboxylic acids is 2. The second-order valence-electron chi connectivity index (χ2n) is 8.55. The number of benzene rings is 1. The Hall–Kier alpha value is -4.60. The summed E-state index contributed by atoms with van der Waals surface area (Å²) in [6, 6.07) is 9.17. The van der Waals surface area contributed by atoms with Crippen LogP contribution in [-0.4, -0.2) is 59.4 Å². The second-order valence-corrected chi connectivity index (χ2v) is 8.55. The zero-order chi connectivity index (χ0) is 25.4. The number of carbonyl (C=O) groups is 2. The molecule has 1 aliphatic rings. The summed E-state index contributed by atoms with van der Waals surface area (Å²) in [7, 11) is 1.42. The van der Waals surface area contributed by atoms with Crippen LogP contribution in [0.3, 0.4) is 0 Å². The molecule has 4 aromatic rings. The van der Waals surface area contributed by atoms with Crippen molar-refractivity contribution in [2.45, 2.75) is 25.9 Å². The van der Waals surface area contributed by atoms with Crippen molar-refractivity contribution in [2.75, 3.05) is 13.7 Å². The van der Waals surface area contributed by atoms with Crippen molar-refractivity contribution in [1.82, 2.24) is 23.8 Å². The van der Waals surface area contributed by atoms with Crippen LogP contribution in [0.2, 0.25) is 0 Å². The number of likely N-dealkylation sites (tertiary alicyclic amines) is 1. The molecule has 1 atom stereocenters. The summed E-state index contributed by atoms with van der Waals surface area (Å²) in [5, 5.41) is 21.6. The first-order valence-electron chi connectivity index (χ1n) is 11.5. The number of Topliss-reactive ketones (excluding diaryl/α,β-unsaturated/α-hetero) is 1. The van der Waals surface area contributed by atoms with Gasteiger partial charge < -0.3 is 24.4 Å². The molecule has 1 amide bonds. The molecule has 184 valence electrons. The third-order valence-electron chi connectivity index (χ3n) is 6.36. The topological polar surface area (TPSA) is 122 Å². The van der Waals surface area contributed by atoms with E-state index in [1.54, 1.807) is 54.3 Å². The van der Waals surface area contributed by atoms with Crippen LogP contribution in [-0.2, 0) is 16.1 Å². The van der Waals surface area contributed by atoms with Gasteiger partial charge in [-0.25, -0.2) is 9.97 Å². The lowest BCUT2D eigenvalue weighted by Crippen LogP contribution is -2.31. The maximum Gasteiger partial charge on any atom is 0.295 e. The lowest BCUT2D eigenvalue weighted by atomic mass is 9.96. The van der Waals surface area contributed by atoms with E-state index in [1.807, 2.05) is 16.8 Å². The monoisotopic (exact) mass is 487 g/mol. The molecule has 2 N–H and O–H groups in total. The van der Waals surface area contributed by atoms with E-state index < -0.39 is 17.7 Å². The Kier molecular flexibility index (Phi) is 5.93. The molecule has 1 saturated heterocycles. The van der Waals surface area contributed by atoms with Crippen molar-refractivity contribution in [3.8, 4) is 11.5 Å². The van der Waals surface area contributed by atoms with Crippen LogP contribution in [0.5, 0.6) is 11.5 Å². The van der Waals surface area contributed by atoms with Crippen LogP contribution in [0.15, 0.2) is 66.9 Å². The van der Waals surface area contributed by atoms with Crippen molar-refractivity contribution in [3.63, 3.8) is 0 Å². The molecule has 4 heterocycles. The normalized spacial score (nSPS) is 17.3. The third kappa shape index (κ3) is 3.86. The van der Waals surface area contributed by atoms with Crippen LogP contribution in [0.25, 0.3) is 11.4 Å². The van der Waals surface area contributed by atoms with Gasteiger partial charge in [-0.15, -0.1) is 0 Å². The predicted molar refractivity (Wildman–Crippen MR) is 130 cm³/mol. The van der Waals surface area contributed by atoms with E-state index in [0.717, 1.165) is 0 Å². The van der Waals surface area contributed by atoms with Gasteiger partial charge in [0.1, 0.15) is 11.3 Å². The molecule has 1 aromatic carbocycles. The Labute approximate surface area is 206 Å². The van der Waals surface area contributed by atoms with Crippen LogP contribution in [0, 0.1) is 6.92 Å². The third-order valence-corrected chi connectivity index (χ3v) is 6.36. The van der Waals surface area contributed by atoms with Crippen molar-refractivity contribution >= 4 is 23.1 Å². The quantitative estimate of drug-likeness (QED) is 0.233. The van der Waals surface area contributed by atoms with Crippen molar-refractivity contribution < 1.29 is 24.5 Å². The lowest BCUT2D eigenvalue weighted by molar-refractivity contribution is -0.139. The largest absolute Gasteiger partial charge is 0.505 e. The molecule has 1 unspecified atom stereocenters. The van der Waals surface area contributed by atoms with Gasteiger partial charge in [-0.1, -0.05) is 12.1 Å².